The Kier molecular flexibility index (Phi) is 6.49. The zero-order valence-corrected chi connectivity index (χ0v) is 15.7. The molecule has 1 amide bonds. The molecule has 1 aromatic heterocycles. The largest absolute Gasteiger partial charge is 0.491 e. The Balaban J connectivity index is 1.56. The number of rotatable bonds is 8. The Morgan fingerprint density at radius 1 is 1.22 bits per heavy atom. The molecule has 27 heavy (non-hydrogen) atoms. The van der Waals surface area contributed by atoms with Crippen molar-refractivity contribution in [3.05, 3.63) is 60.5 Å². The van der Waals surface area contributed by atoms with Crippen LogP contribution < -0.4 is 10.1 Å². The molecular formula is C20H20FN3O2S. The van der Waals surface area contributed by atoms with Gasteiger partial charge in [0.2, 0.25) is 5.91 Å². The minimum Gasteiger partial charge on any atom is -0.491 e. The fourth-order valence-corrected chi connectivity index (χ4v) is 3.03. The maximum absolute atomic E-state index is 13.0. The second kappa shape index (κ2) is 9.23. The van der Waals surface area contributed by atoms with Gasteiger partial charge in [-0.25, -0.2) is 9.37 Å². The summed E-state index contributed by atoms with van der Waals surface area (Å²) in [4.78, 5) is 19.6. The average Bonchev–Trinajstić information content (AvgIpc) is 3.15. The van der Waals surface area contributed by atoms with Crippen LogP contribution in [0.25, 0.3) is 11.3 Å². The lowest BCUT2D eigenvalue weighted by Gasteiger charge is -2.11. The Morgan fingerprint density at radius 2 is 2.00 bits per heavy atom. The number of H-pyrrole nitrogens is 1. The number of nitrogens with zero attached hydrogens (tertiary/aromatic N) is 1. The van der Waals surface area contributed by atoms with Gasteiger partial charge in [-0.15, -0.1) is 0 Å². The van der Waals surface area contributed by atoms with E-state index in [-0.39, 0.29) is 17.5 Å². The van der Waals surface area contributed by atoms with E-state index in [9.17, 15) is 9.18 Å². The predicted molar refractivity (Wildman–Crippen MR) is 106 cm³/mol. The summed E-state index contributed by atoms with van der Waals surface area (Å²) in [6.45, 7) is 2.63. The van der Waals surface area contributed by atoms with Gasteiger partial charge in [0, 0.05) is 0 Å². The number of anilines is 1. The maximum atomic E-state index is 13.0. The van der Waals surface area contributed by atoms with Crippen molar-refractivity contribution in [1.82, 2.24) is 9.97 Å². The van der Waals surface area contributed by atoms with Crippen molar-refractivity contribution < 1.29 is 13.9 Å². The van der Waals surface area contributed by atoms with Crippen molar-refractivity contribution in [1.29, 1.82) is 0 Å². The molecule has 0 spiro atoms. The quantitative estimate of drug-likeness (QED) is 0.550. The standard InChI is InChI=1S/C20H20FN3O2S/c1-2-11-26-18-6-4-3-5-16(18)23-19(25)13-27-20-22-12-17(24-20)14-7-9-15(21)10-8-14/h3-10,12H,2,11,13H2,1H3,(H,22,24)(H,23,25). The second-order valence-electron chi connectivity index (χ2n) is 5.79. The Labute approximate surface area is 161 Å². The molecule has 0 fully saturated rings. The van der Waals surface area contributed by atoms with Crippen LogP contribution in [-0.2, 0) is 4.79 Å². The van der Waals surface area contributed by atoms with Crippen molar-refractivity contribution in [2.45, 2.75) is 18.5 Å². The zero-order valence-electron chi connectivity index (χ0n) is 14.9. The predicted octanol–water partition coefficient (Wildman–Crippen LogP) is 4.74. The number of aromatic nitrogens is 2. The molecule has 140 valence electrons. The second-order valence-corrected chi connectivity index (χ2v) is 6.75. The SMILES string of the molecule is CCCOc1ccccc1NC(=O)CSc1ncc(-c2ccc(F)cc2)[nH]1. The molecule has 0 bridgehead atoms. The van der Waals surface area contributed by atoms with Crippen molar-refractivity contribution >= 4 is 23.4 Å². The van der Waals surface area contributed by atoms with Crippen LogP contribution in [0.15, 0.2) is 59.9 Å². The number of halogens is 1. The van der Waals surface area contributed by atoms with Crippen LogP contribution in [0.4, 0.5) is 10.1 Å². The first-order chi connectivity index (χ1) is 13.2. The summed E-state index contributed by atoms with van der Waals surface area (Å²) in [5.74, 6) is 0.438. The molecular weight excluding hydrogens is 365 g/mol. The van der Waals surface area contributed by atoms with E-state index in [2.05, 4.69) is 15.3 Å². The lowest BCUT2D eigenvalue weighted by atomic mass is 10.2. The molecule has 0 saturated carbocycles. The van der Waals surface area contributed by atoms with Crippen LogP contribution in [0.2, 0.25) is 0 Å². The highest BCUT2D eigenvalue weighted by Gasteiger charge is 2.10. The van der Waals surface area contributed by atoms with E-state index in [1.54, 1.807) is 18.3 Å². The van der Waals surface area contributed by atoms with Gasteiger partial charge in [0.05, 0.1) is 29.9 Å². The average molecular weight is 385 g/mol. The van der Waals surface area contributed by atoms with Crippen LogP contribution in [0, 0.1) is 5.82 Å². The fourth-order valence-electron chi connectivity index (χ4n) is 2.38. The molecule has 0 aliphatic rings. The minimum absolute atomic E-state index is 0.146. The molecule has 7 heteroatoms. The Bertz CT molecular complexity index is 896. The number of aromatic amines is 1. The van der Waals surface area contributed by atoms with E-state index in [0.29, 0.717) is 23.2 Å². The Hall–Kier alpha value is -2.80. The molecule has 3 rings (SSSR count). The first kappa shape index (κ1) is 19.0. The van der Waals surface area contributed by atoms with Crippen molar-refractivity contribution in [2.24, 2.45) is 0 Å². The van der Waals surface area contributed by atoms with E-state index < -0.39 is 0 Å². The lowest BCUT2D eigenvalue weighted by Crippen LogP contribution is -2.15. The molecule has 0 saturated heterocycles. The molecule has 0 atom stereocenters. The van der Waals surface area contributed by atoms with Crippen LogP contribution in [0.1, 0.15) is 13.3 Å². The van der Waals surface area contributed by atoms with Gasteiger partial charge in [0.15, 0.2) is 5.16 Å². The number of para-hydroxylation sites is 2. The number of benzene rings is 2. The molecule has 5 nitrogen and oxygen atoms in total. The summed E-state index contributed by atoms with van der Waals surface area (Å²) in [5.41, 5.74) is 2.27. The summed E-state index contributed by atoms with van der Waals surface area (Å²) in [7, 11) is 0. The van der Waals surface area contributed by atoms with Crippen LogP contribution >= 0.6 is 11.8 Å². The van der Waals surface area contributed by atoms with Crippen LogP contribution in [0.3, 0.4) is 0 Å². The van der Waals surface area contributed by atoms with Crippen LogP contribution in [-0.4, -0.2) is 28.2 Å². The topological polar surface area (TPSA) is 67.0 Å². The smallest absolute Gasteiger partial charge is 0.234 e. The van der Waals surface area contributed by atoms with E-state index in [1.807, 2.05) is 31.2 Å². The van der Waals surface area contributed by atoms with Gasteiger partial charge < -0.3 is 15.0 Å². The number of hydrogen-bond acceptors (Lipinski definition) is 4. The first-order valence-electron chi connectivity index (χ1n) is 8.61. The number of carbonyl (C=O) groups is 1. The third-order valence-electron chi connectivity index (χ3n) is 3.67. The van der Waals surface area contributed by atoms with E-state index >= 15 is 0 Å². The third-order valence-corrected chi connectivity index (χ3v) is 4.56. The number of imidazole rings is 1. The number of thioether (sulfide) groups is 1. The van der Waals surface area contributed by atoms with Gasteiger partial charge in [-0.3, -0.25) is 4.79 Å². The lowest BCUT2D eigenvalue weighted by molar-refractivity contribution is -0.113. The molecule has 2 N–H and O–H groups in total. The first-order valence-corrected chi connectivity index (χ1v) is 9.59. The normalized spacial score (nSPS) is 10.6. The maximum Gasteiger partial charge on any atom is 0.234 e. The number of ether oxygens (including phenoxy) is 1. The van der Waals surface area contributed by atoms with Gasteiger partial charge in [-0.2, -0.15) is 0 Å². The summed E-state index contributed by atoms with van der Waals surface area (Å²) in [5, 5.41) is 3.49. The number of amides is 1. The van der Waals surface area contributed by atoms with Gasteiger partial charge in [-0.05, 0) is 48.4 Å². The molecule has 2 aromatic carbocycles. The number of nitrogens with one attached hydrogen (secondary N) is 2. The third kappa shape index (κ3) is 5.34. The summed E-state index contributed by atoms with van der Waals surface area (Å²) < 4.78 is 18.7. The van der Waals surface area contributed by atoms with Crippen LogP contribution in [0.5, 0.6) is 5.75 Å². The highest BCUT2D eigenvalue weighted by atomic mass is 32.2. The van der Waals surface area contributed by atoms with Gasteiger partial charge >= 0.3 is 0 Å². The summed E-state index contributed by atoms with van der Waals surface area (Å²) in [6.07, 6.45) is 2.56. The fraction of sp³-hybridized carbons (Fsp3) is 0.200. The molecule has 0 aliphatic heterocycles. The highest BCUT2D eigenvalue weighted by Crippen LogP contribution is 2.25. The van der Waals surface area contributed by atoms with Gasteiger partial charge in [0.1, 0.15) is 11.6 Å². The molecule has 0 radical (unpaired) electrons. The van der Waals surface area contributed by atoms with Crippen molar-refractivity contribution in [3.63, 3.8) is 0 Å². The van der Waals surface area contributed by atoms with Gasteiger partial charge in [0.25, 0.3) is 0 Å². The highest BCUT2D eigenvalue weighted by molar-refractivity contribution is 7.99. The number of carbonyl (C=O) groups excluding carboxylic acids is 1. The molecule has 1 heterocycles. The van der Waals surface area contributed by atoms with Crippen molar-refractivity contribution in [3.8, 4) is 17.0 Å². The monoisotopic (exact) mass is 385 g/mol. The van der Waals surface area contributed by atoms with Crippen molar-refractivity contribution in [2.75, 3.05) is 17.7 Å². The summed E-state index contributed by atoms with van der Waals surface area (Å²) >= 11 is 1.30. The van der Waals surface area contributed by atoms with E-state index in [1.165, 1.54) is 23.9 Å². The van der Waals surface area contributed by atoms with Gasteiger partial charge in [-0.1, -0.05) is 30.8 Å². The minimum atomic E-state index is -0.285. The number of hydrogen-bond donors (Lipinski definition) is 2. The molecule has 0 unspecified atom stereocenters. The van der Waals surface area contributed by atoms with E-state index in [4.69, 9.17) is 4.74 Å². The summed E-state index contributed by atoms with van der Waals surface area (Å²) in [6, 6.07) is 13.5. The molecule has 3 aromatic rings. The van der Waals surface area contributed by atoms with E-state index in [0.717, 1.165) is 17.7 Å². The molecule has 0 aliphatic carbocycles. The zero-order chi connectivity index (χ0) is 19.1. The Morgan fingerprint density at radius 3 is 2.78 bits per heavy atom.